The molecule has 0 saturated heterocycles. The molecule has 3 rings (SSSR count). The van der Waals surface area contributed by atoms with Crippen LogP contribution in [0, 0.1) is 20.8 Å². The van der Waals surface area contributed by atoms with Gasteiger partial charge in [-0.05, 0) is 31.9 Å². The number of aryl methyl sites for hydroxylation is 3. The van der Waals surface area contributed by atoms with Gasteiger partial charge in [0.15, 0.2) is 0 Å². The molecule has 2 aromatic carbocycles. The predicted octanol–water partition coefficient (Wildman–Crippen LogP) is 4.46. The zero-order valence-electron chi connectivity index (χ0n) is 12.1. The fraction of sp³-hybridized carbons (Fsp3) is 0.167. The lowest BCUT2D eigenvalue weighted by Gasteiger charge is -2.14. The highest BCUT2D eigenvalue weighted by Crippen LogP contribution is 2.25. The van der Waals surface area contributed by atoms with Crippen LogP contribution in [-0.2, 0) is 0 Å². The van der Waals surface area contributed by atoms with E-state index in [0.717, 1.165) is 11.4 Å². The summed E-state index contributed by atoms with van der Waals surface area (Å²) in [5, 5.41) is 0. The first-order valence-corrected chi connectivity index (χ1v) is 6.84. The fourth-order valence-corrected chi connectivity index (χ4v) is 2.59. The normalized spacial score (nSPS) is 10.8. The Bertz CT molecular complexity index is 716. The van der Waals surface area contributed by atoms with Crippen LogP contribution in [0.5, 0.6) is 0 Å². The van der Waals surface area contributed by atoms with Crippen LogP contribution in [0.15, 0.2) is 54.9 Å². The van der Waals surface area contributed by atoms with Gasteiger partial charge >= 0.3 is 0 Å². The summed E-state index contributed by atoms with van der Waals surface area (Å²) in [5.74, 6) is 0.988. The van der Waals surface area contributed by atoms with Crippen molar-refractivity contribution in [3.8, 4) is 17.1 Å². The number of aromatic nitrogens is 2. The average molecular weight is 262 g/mol. The van der Waals surface area contributed by atoms with Gasteiger partial charge < -0.3 is 0 Å². The van der Waals surface area contributed by atoms with Gasteiger partial charge in [-0.15, -0.1) is 0 Å². The van der Waals surface area contributed by atoms with Crippen LogP contribution in [0.1, 0.15) is 16.7 Å². The minimum Gasteiger partial charge on any atom is -0.299 e. The molecule has 0 bridgehead atoms. The minimum absolute atomic E-state index is 0.988. The number of hydrogen-bond donors (Lipinski definition) is 0. The Labute approximate surface area is 119 Å². The number of hydrogen-bond acceptors (Lipinski definition) is 1. The van der Waals surface area contributed by atoms with E-state index in [1.165, 1.54) is 22.4 Å². The first-order valence-electron chi connectivity index (χ1n) is 6.84. The van der Waals surface area contributed by atoms with Crippen LogP contribution >= 0.6 is 0 Å². The first kappa shape index (κ1) is 12.7. The number of rotatable bonds is 2. The van der Waals surface area contributed by atoms with Gasteiger partial charge in [-0.2, -0.15) is 0 Å². The van der Waals surface area contributed by atoms with E-state index in [4.69, 9.17) is 0 Å². The second-order valence-corrected chi connectivity index (χ2v) is 5.23. The predicted molar refractivity (Wildman–Crippen MR) is 83.2 cm³/mol. The molecule has 20 heavy (non-hydrogen) atoms. The van der Waals surface area contributed by atoms with Crippen molar-refractivity contribution in [2.75, 3.05) is 0 Å². The quantitative estimate of drug-likeness (QED) is 0.666. The number of benzene rings is 2. The van der Waals surface area contributed by atoms with Crippen molar-refractivity contribution >= 4 is 0 Å². The largest absolute Gasteiger partial charge is 0.299 e. The van der Waals surface area contributed by atoms with E-state index in [1.807, 2.05) is 12.4 Å². The molecule has 0 amide bonds. The number of imidazole rings is 1. The van der Waals surface area contributed by atoms with Crippen molar-refractivity contribution in [3.63, 3.8) is 0 Å². The standard InChI is InChI=1S/C18H18N2/c1-13-7-9-16(10-8-13)18-19-11-12-20(18)17-14(2)5-4-6-15(17)3/h4-12H,1-3H3. The summed E-state index contributed by atoms with van der Waals surface area (Å²) in [5.41, 5.74) is 6.15. The summed E-state index contributed by atoms with van der Waals surface area (Å²) in [6, 6.07) is 14.9. The van der Waals surface area contributed by atoms with Gasteiger partial charge in [0.2, 0.25) is 0 Å². The van der Waals surface area contributed by atoms with Crippen LogP contribution in [-0.4, -0.2) is 9.55 Å². The Kier molecular flexibility index (Phi) is 3.15. The average Bonchev–Trinajstić information content (AvgIpc) is 2.88. The van der Waals surface area contributed by atoms with Crippen molar-refractivity contribution in [3.05, 3.63) is 71.5 Å². The molecule has 0 spiro atoms. The molecule has 1 heterocycles. The van der Waals surface area contributed by atoms with E-state index in [1.54, 1.807) is 0 Å². The maximum Gasteiger partial charge on any atom is 0.144 e. The van der Waals surface area contributed by atoms with Gasteiger partial charge in [0.05, 0.1) is 5.69 Å². The van der Waals surface area contributed by atoms with Crippen molar-refractivity contribution < 1.29 is 0 Å². The lowest BCUT2D eigenvalue weighted by Crippen LogP contribution is -2.01. The zero-order valence-corrected chi connectivity index (χ0v) is 12.1. The highest BCUT2D eigenvalue weighted by Gasteiger charge is 2.11. The van der Waals surface area contributed by atoms with E-state index in [0.29, 0.717) is 0 Å². The third kappa shape index (κ3) is 2.14. The molecule has 0 radical (unpaired) electrons. The topological polar surface area (TPSA) is 17.8 Å². The van der Waals surface area contributed by atoms with E-state index in [9.17, 15) is 0 Å². The Morgan fingerprint density at radius 1 is 0.850 bits per heavy atom. The lowest BCUT2D eigenvalue weighted by atomic mass is 10.1. The van der Waals surface area contributed by atoms with Crippen LogP contribution in [0.4, 0.5) is 0 Å². The molecule has 1 aromatic heterocycles. The summed E-state index contributed by atoms with van der Waals surface area (Å²) < 4.78 is 2.18. The molecule has 0 aliphatic carbocycles. The van der Waals surface area contributed by atoms with Gasteiger partial charge in [-0.25, -0.2) is 4.98 Å². The van der Waals surface area contributed by atoms with Gasteiger partial charge in [0.1, 0.15) is 5.82 Å². The van der Waals surface area contributed by atoms with Gasteiger partial charge in [-0.3, -0.25) is 4.57 Å². The monoisotopic (exact) mass is 262 g/mol. The van der Waals surface area contributed by atoms with Gasteiger partial charge in [0, 0.05) is 18.0 Å². The molecule has 2 nitrogen and oxygen atoms in total. The Morgan fingerprint density at radius 3 is 2.15 bits per heavy atom. The molecule has 0 atom stereocenters. The van der Waals surface area contributed by atoms with E-state index in [2.05, 4.69) is 72.8 Å². The molecule has 0 saturated carbocycles. The van der Waals surface area contributed by atoms with Crippen LogP contribution in [0.2, 0.25) is 0 Å². The van der Waals surface area contributed by atoms with Crippen molar-refractivity contribution in [1.82, 2.24) is 9.55 Å². The molecule has 2 heteroatoms. The summed E-state index contributed by atoms with van der Waals surface area (Å²) in [4.78, 5) is 4.54. The van der Waals surface area contributed by atoms with Crippen LogP contribution in [0.3, 0.4) is 0 Å². The third-order valence-electron chi connectivity index (χ3n) is 3.63. The summed E-state index contributed by atoms with van der Waals surface area (Å²) >= 11 is 0. The number of nitrogens with zero attached hydrogens (tertiary/aromatic N) is 2. The highest BCUT2D eigenvalue weighted by atomic mass is 15.1. The molecule has 3 aromatic rings. The summed E-state index contributed by atoms with van der Waals surface area (Å²) in [6.07, 6.45) is 3.89. The maximum atomic E-state index is 4.54. The second-order valence-electron chi connectivity index (χ2n) is 5.23. The molecule has 0 fully saturated rings. The summed E-state index contributed by atoms with van der Waals surface area (Å²) in [7, 11) is 0. The van der Waals surface area contributed by atoms with Crippen molar-refractivity contribution in [2.45, 2.75) is 20.8 Å². The molecule has 100 valence electrons. The van der Waals surface area contributed by atoms with Crippen LogP contribution < -0.4 is 0 Å². The van der Waals surface area contributed by atoms with Crippen LogP contribution in [0.25, 0.3) is 17.1 Å². The minimum atomic E-state index is 0.988. The molecule has 0 aliphatic rings. The highest BCUT2D eigenvalue weighted by molar-refractivity contribution is 5.61. The maximum absolute atomic E-state index is 4.54. The zero-order chi connectivity index (χ0) is 14.1. The van der Waals surface area contributed by atoms with Gasteiger partial charge in [-0.1, -0.05) is 48.0 Å². The van der Waals surface area contributed by atoms with E-state index >= 15 is 0 Å². The Morgan fingerprint density at radius 2 is 1.50 bits per heavy atom. The number of para-hydroxylation sites is 1. The molecule has 0 unspecified atom stereocenters. The first-order chi connectivity index (χ1) is 9.66. The Balaban J connectivity index is 2.18. The molecular weight excluding hydrogens is 244 g/mol. The summed E-state index contributed by atoms with van der Waals surface area (Å²) in [6.45, 7) is 6.38. The SMILES string of the molecule is Cc1ccc(-c2nccn2-c2c(C)cccc2C)cc1. The van der Waals surface area contributed by atoms with Gasteiger partial charge in [0.25, 0.3) is 0 Å². The third-order valence-corrected chi connectivity index (χ3v) is 3.63. The second kappa shape index (κ2) is 4.97. The van der Waals surface area contributed by atoms with E-state index in [-0.39, 0.29) is 0 Å². The lowest BCUT2D eigenvalue weighted by molar-refractivity contribution is 1.03. The van der Waals surface area contributed by atoms with Crippen molar-refractivity contribution in [1.29, 1.82) is 0 Å². The van der Waals surface area contributed by atoms with Crippen molar-refractivity contribution in [2.24, 2.45) is 0 Å². The Hall–Kier alpha value is -2.35. The fourth-order valence-electron chi connectivity index (χ4n) is 2.59. The molecule has 0 N–H and O–H groups in total. The van der Waals surface area contributed by atoms with E-state index < -0.39 is 0 Å². The molecular formula is C18H18N2. The molecule has 0 aliphatic heterocycles. The smallest absolute Gasteiger partial charge is 0.144 e.